The Hall–Kier alpha value is -0.940. The molecule has 0 bridgehead atoms. The SMILES string of the molecule is COC(C)CCc1nc(C(N)C2CC2)no1. The topological polar surface area (TPSA) is 74.2 Å². The third-order valence-electron chi connectivity index (χ3n) is 3.08. The Morgan fingerprint density at radius 1 is 1.56 bits per heavy atom. The summed E-state index contributed by atoms with van der Waals surface area (Å²) < 4.78 is 10.3. The Balaban J connectivity index is 1.86. The second-order valence-electron chi connectivity index (χ2n) is 4.49. The van der Waals surface area contributed by atoms with Gasteiger partial charge in [0, 0.05) is 13.5 Å². The monoisotopic (exact) mass is 225 g/mol. The summed E-state index contributed by atoms with van der Waals surface area (Å²) in [6.45, 7) is 2.02. The van der Waals surface area contributed by atoms with Crippen LogP contribution in [0.4, 0.5) is 0 Å². The second kappa shape index (κ2) is 4.93. The lowest BCUT2D eigenvalue weighted by Crippen LogP contribution is -2.14. The van der Waals surface area contributed by atoms with Crippen molar-refractivity contribution >= 4 is 0 Å². The molecule has 2 atom stereocenters. The highest BCUT2D eigenvalue weighted by molar-refractivity contribution is 4.99. The average molecular weight is 225 g/mol. The first-order valence-electron chi connectivity index (χ1n) is 5.81. The Bertz CT molecular complexity index is 336. The van der Waals surface area contributed by atoms with E-state index in [1.165, 1.54) is 12.8 Å². The Kier molecular flexibility index (Phi) is 3.56. The molecule has 1 aromatic rings. The van der Waals surface area contributed by atoms with Crippen LogP contribution in [0.1, 0.15) is 43.9 Å². The van der Waals surface area contributed by atoms with Gasteiger partial charge in [-0.3, -0.25) is 0 Å². The van der Waals surface area contributed by atoms with Crippen LogP contribution in [0.5, 0.6) is 0 Å². The number of rotatable bonds is 6. The predicted molar refractivity (Wildman–Crippen MR) is 58.7 cm³/mol. The fourth-order valence-electron chi connectivity index (χ4n) is 1.62. The van der Waals surface area contributed by atoms with E-state index in [0.717, 1.165) is 12.8 Å². The molecule has 2 unspecified atom stereocenters. The van der Waals surface area contributed by atoms with Gasteiger partial charge in [0.2, 0.25) is 5.89 Å². The van der Waals surface area contributed by atoms with Crippen LogP contribution in [0.3, 0.4) is 0 Å². The molecule has 1 heterocycles. The van der Waals surface area contributed by atoms with E-state index >= 15 is 0 Å². The van der Waals surface area contributed by atoms with E-state index < -0.39 is 0 Å². The summed E-state index contributed by atoms with van der Waals surface area (Å²) in [5.41, 5.74) is 5.99. The summed E-state index contributed by atoms with van der Waals surface area (Å²) in [5, 5.41) is 3.93. The number of aromatic nitrogens is 2. The third kappa shape index (κ3) is 2.80. The number of methoxy groups -OCH3 is 1. The molecule has 0 radical (unpaired) electrons. The van der Waals surface area contributed by atoms with Gasteiger partial charge in [0.25, 0.3) is 0 Å². The summed E-state index contributed by atoms with van der Waals surface area (Å²) >= 11 is 0. The molecular formula is C11H19N3O2. The van der Waals surface area contributed by atoms with Gasteiger partial charge in [-0.1, -0.05) is 5.16 Å². The number of ether oxygens (including phenoxy) is 1. The predicted octanol–water partition coefficient (Wildman–Crippen LogP) is 1.45. The normalized spacial score (nSPS) is 19.7. The zero-order chi connectivity index (χ0) is 11.5. The smallest absolute Gasteiger partial charge is 0.226 e. The minimum atomic E-state index is -0.0441. The van der Waals surface area contributed by atoms with Crippen LogP contribution in [0, 0.1) is 5.92 Å². The first kappa shape index (κ1) is 11.5. The molecule has 2 N–H and O–H groups in total. The maximum absolute atomic E-state index is 5.99. The number of nitrogens with two attached hydrogens (primary N) is 1. The first-order chi connectivity index (χ1) is 7.70. The lowest BCUT2D eigenvalue weighted by Gasteiger charge is -2.05. The summed E-state index contributed by atoms with van der Waals surface area (Å²) in [4.78, 5) is 4.32. The minimum Gasteiger partial charge on any atom is -0.382 e. The molecule has 1 saturated carbocycles. The molecule has 0 aliphatic heterocycles. The Morgan fingerprint density at radius 3 is 2.94 bits per heavy atom. The van der Waals surface area contributed by atoms with Crippen molar-refractivity contribution in [2.24, 2.45) is 11.7 Å². The van der Waals surface area contributed by atoms with Gasteiger partial charge >= 0.3 is 0 Å². The molecule has 1 aromatic heterocycles. The standard InChI is InChI=1S/C11H19N3O2/c1-7(15-2)3-6-9-13-11(14-16-9)10(12)8-4-5-8/h7-8,10H,3-6,12H2,1-2H3. The van der Waals surface area contributed by atoms with Gasteiger partial charge in [-0.05, 0) is 32.1 Å². The number of hydrogen-bond acceptors (Lipinski definition) is 5. The van der Waals surface area contributed by atoms with Crippen molar-refractivity contribution in [3.05, 3.63) is 11.7 Å². The fourth-order valence-corrected chi connectivity index (χ4v) is 1.62. The summed E-state index contributed by atoms with van der Waals surface area (Å²) in [6, 6.07) is -0.0441. The molecule has 1 aliphatic rings. The molecule has 5 nitrogen and oxygen atoms in total. The molecular weight excluding hydrogens is 206 g/mol. The molecule has 0 amide bonds. The van der Waals surface area contributed by atoms with Crippen LogP contribution in [0.25, 0.3) is 0 Å². The van der Waals surface area contributed by atoms with E-state index in [-0.39, 0.29) is 12.1 Å². The third-order valence-corrected chi connectivity index (χ3v) is 3.08. The molecule has 5 heteroatoms. The second-order valence-corrected chi connectivity index (χ2v) is 4.49. The maximum Gasteiger partial charge on any atom is 0.226 e. The van der Waals surface area contributed by atoms with Crippen molar-refractivity contribution in [2.75, 3.05) is 7.11 Å². The molecule has 16 heavy (non-hydrogen) atoms. The van der Waals surface area contributed by atoms with Crippen molar-refractivity contribution in [3.63, 3.8) is 0 Å². The van der Waals surface area contributed by atoms with E-state index in [2.05, 4.69) is 10.1 Å². The van der Waals surface area contributed by atoms with Gasteiger partial charge < -0.3 is 15.0 Å². The highest BCUT2D eigenvalue weighted by Crippen LogP contribution is 2.38. The van der Waals surface area contributed by atoms with Crippen LogP contribution in [0.2, 0.25) is 0 Å². The molecule has 0 spiro atoms. The Labute approximate surface area is 95.3 Å². The molecule has 0 aromatic carbocycles. The number of aryl methyl sites for hydroxylation is 1. The zero-order valence-electron chi connectivity index (χ0n) is 9.85. The van der Waals surface area contributed by atoms with Crippen molar-refractivity contribution < 1.29 is 9.26 Å². The highest BCUT2D eigenvalue weighted by Gasteiger charge is 2.32. The van der Waals surface area contributed by atoms with Gasteiger partial charge in [0.05, 0.1) is 12.1 Å². The quantitative estimate of drug-likeness (QED) is 0.793. The van der Waals surface area contributed by atoms with E-state index in [4.69, 9.17) is 15.0 Å². The van der Waals surface area contributed by atoms with Crippen LogP contribution >= 0.6 is 0 Å². The van der Waals surface area contributed by atoms with Crippen molar-refractivity contribution in [1.82, 2.24) is 10.1 Å². The van der Waals surface area contributed by atoms with Gasteiger partial charge in [0.15, 0.2) is 5.82 Å². The number of hydrogen-bond donors (Lipinski definition) is 1. The summed E-state index contributed by atoms with van der Waals surface area (Å²) in [6.07, 6.45) is 4.22. The van der Waals surface area contributed by atoms with E-state index in [9.17, 15) is 0 Å². The number of nitrogens with zero attached hydrogens (tertiary/aromatic N) is 2. The largest absolute Gasteiger partial charge is 0.382 e. The molecule has 1 aliphatic carbocycles. The molecule has 90 valence electrons. The lowest BCUT2D eigenvalue weighted by molar-refractivity contribution is 0.109. The van der Waals surface area contributed by atoms with Crippen molar-refractivity contribution in [3.8, 4) is 0 Å². The fraction of sp³-hybridized carbons (Fsp3) is 0.818. The average Bonchev–Trinajstić information content (AvgIpc) is 3.04. The van der Waals surface area contributed by atoms with Crippen molar-refractivity contribution in [1.29, 1.82) is 0 Å². The summed E-state index contributed by atoms with van der Waals surface area (Å²) in [5.74, 6) is 1.88. The first-order valence-corrected chi connectivity index (χ1v) is 5.81. The van der Waals surface area contributed by atoms with Gasteiger partial charge in [0.1, 0.15) is 0 Å². The van der Waals surface area contributed by atoms with E-state index in [1.54, 1.807) is 7.11 Å². The van der Waals surface area contributed by atoms with Crippen molar-refractivity contribution in [2.45, 2.75) is 44.8 Å². The van der Waals surface area contributed by atoms with E-state index in [1.807, 2.05) is 6.92 Å². The Morgan fingerprint density at radius 2 is 2.31 bits per heavy atom. The van der Waals surface area contributed by atoms with Crippen LogP contribution in [0.15, 0.2) is 4.52 Å². The summed E-state index contributed by atoms with van der Waals surface area (Å²) in [7, 11) is 1.70. The molecule has 2 rings (SSSR count). The maximum atomic E-state index is 5.99. The molecule has 1 fully saturated rings. The van der Waals surface area contributed by atoms with Gasteiger partial charge in [-0.15, -0.1) is 0 Å². The van der Waals surface area contributed by atoms with Gasteiger partial charge in [-0.25, -0.2) is 0 Å². The minimum absolute atomic E-state index is 0.0441. The van der Waals surface area contributed by atoms with Crippen LogP contribution in [-0.2, 0) is 11.2 Å². The van der Waals surface area contributed by atoms with Gasteiger partial charge in [-0.2, -0.15) is 4.98 Å². The van der Waals surface area contributed by atoms with Crippen LogP contribution < -0.4 is 5.73 Å². The van der Waals surface area contributed by atoms with Crippen LogP contribution in [-0.4, -0.2) is 23.4 Å². The molecule has 0 saturated heterocycles. The lowest BCUT2D eigenvalue weighted by atomic mass is 10.2. The highest BCUT2D eigenvalue weighted by atomic mass is 16.5. The van der Waals surface area contributed by atoms with E-state index in [0.29, 0.717) is 17.6 Å². The zero-order valence-corrected chi connectivity index (χ0v) is 9.85.